The average Bonchev–Trinajstić information content (AvgIpc) is 3.34. The predicted molar refractivity (Wildman–Crippen MR) is 117 cm³/mol. The summed E-state index contributed by atoms with van der Waals surface area (Å²) in [5.41, 5.74) is 3.34. The fraction of sp³-hybridized carbons (Fsp3) is 0.238. The molecule has 30 heavy (non-hydrogen) atoms. The second-order valence-electron chi connectivity index (χ2n) is 7.04. The molecule has 7 nitrogen and oxygen atoms in total. The number of nitrogens with zero attached hydrogens (tertiary/aromatic N) is 2. The first kappa shape index (κ1) is 20.5. The fourth-order valence-electron chi connectivity index (χ4n) is 3.35. The lowest BCUT2D eigenvalue weighted by Crippen LogP contribution is -2.35. The summed E-state index contributed by atoms with van der Waals surface area (Å²) < 4.78 is 33.3. The Labute approximate surface area is 179 Å². The molecule has 1 aliphatic rings. The summed E-state index contributed by atoms with van der Waals surface area (Å²) in [5.74, 6) is 0.191. The molecule has 0 saturated carbocycles. The van der Waals surface area contributed by atoms with Gasteiger partial charge in [0.05, 0.1) is 0 Å². The number of hydrogen-bond acceptors (Lipinski definition) is 6. The third-order valence-electron chi connectivity index (χ3n) is 4.88. The molecule has 1 N–H and O–H groups in total. The maximum atomic E-state index is 13.1. The number of anilines is 1. The van der Waals surface area contributed by atoms with Crippen molar-refractivity contribution in [3.05, 3.63) is 63.9 Å². The highest BCUT2D eigenvalue weighted by atomic mass is 32.2. The normalized spacial score (nSPS) is 14.7. The van der Waals surface area contributed by atoms with Gasteiger partial charge < -0.3 is 9.84 Å². The van der Waals surface area contributed by atoms with Gasteiger partial charge in [-0.3, -0.25) is 4.79 Å². The zero-order valence-corrected chi connectivity index (χ0v) is 18.2. The molecule has 2 aromatic heterocycles. The minimum atomic E-state index is -3.56. The van der Waals surface area contributed by atoms with Crippen molar-refractivity contribution in [2.75, 3.05) is 11.9 Å². The number of carbonyl (C=O) groups is 1. The second-order valence-corrected chi connectivity index (χ2v) is 10.3. The number of amides is 1. The van der Waals surface area contributed by atoms with Crippen molar-refractivity contribution < 1.29 is 17.7 Å². The van der Waals surface area contributed by atoms with E-state index in [0.29, 0.717) is 40.9 Å². The van der Waals surface area contributed by atoms with Crippen LogP contribution in [0.5, 0.6) is 0 Å². The van der Waals surface area contributed by atoms with Crippen LogP contribution in [0.1, 0.15) is 34.4 Å². The molecule has 1 aromatic carbocycles. The second kappa shape index (κ2) is 8.17. The van der Waals surface area contributed by atoms with Crippen LogP contribution in [0.25, 0.3) is 12.2 Å². The summed E-state index contributed by atoms with van der Waals surface area (Å²) in [4.78, 5) is 12.1. The van der Waals surface area contributed by atoms with E-state index in [9.17, 15) is 13.2 Å². The van der Waals surface area contributed by atoms with Crippen molar-refractivity contribution in [3.8, 4) is 0 Å². The van der Waals surface area contributed by atoms with Crippen molar-refractivity contribution in [3.63, 3.8) is 0 Å². The number of sulfonamides is 1. The van der Waals surface area contributed by atoms with Crippen LogP contribution in [0.3, 0.4) is 0 Å². The molecule has 4 rings (SSSR count). The molecule has 9 heteroatoms. The molecule has 0 bridgehead atoms. The first-order valence-corrected chi connectivity index (χ1v) is 11.7. The van der Waals surface area contributed by atoms with E-state index in [0.717, 1.165) is 10.4 Å². The summed E-state index contributed by atoms with van der Waals surface area (Å²) in [6, 6.07) is 11.3. The lowest BCUT2D eigenvalue weighted by atomic mass is 10.0. The highest BCUT2D eigenvalue weighted by Gasteiger charge is 2.29. The van der Waals surface area contributed by atoms with Crippen LogP contribution < -0.4 is 5.32 Å². The topological polar surface area (TPSA) is 92.5 Å². The minimum absolute atomic E-state index is 0.219. The zero-order valence-electron chi connectivity index (χ0n) is 16.6. The van der Waals surface area contributed by atoms with Gasteiger partial charge in [0.25, 0.3) is 10.0 Å². The summed E-state index contributed by atoms with van der Waals surface area (Å²) in [7, 11) is -3.56. The van der Waals surface area contributed by atoms with Crippen LogP contribution in [-0.4, -0.2) is 30.3 Å². The smallest absolute Gasteiger partial charge is 0.252 e. The lowest BCUT2D eigenvalue weighted by Gasteiger charge is -2.27. The molecule has 0 atom stereocenters. The van der Waals surface area contributed by atoms with Crippen molar-refractivity contribution in [1.82, 2.24) is 9.46 Å². The highest BCUT2D eigenvalue weighted by Crippen LogP contribution is 2.30. The van der Waals surface area contributed by atoms with E-state index >= 15 is 0 Å². The number of fused-ring (bicyclic) bond motifs is 1. The number of aryl methyl sites for hydroxylation is 1. The Balaban J connectivity index is 1.53. The molecule has 1 aliphatic heterocycles. The summed E-state index contributed by atoms with van der Waals surface area (Å²) in [5, 5.41) is 6.56. The SMILES string of the molecule is CC(=O)Nc1c(C)noc1C=Cc1ccc(S(=O)(=O)N2CCc3ccccc3C2)s1. The van der Waals surface area contributed by atoms with Gasteiger partial charge in [-0.15, -0.1) is 11.3 Å². The first-order chi connectivity index (χ1) is 14.3. The van der Waals surface area contributed by atoms with Crippen LogP contribution in [0.15, 0.2) is 45.1 Å². The van der Waals surface area contributed by atoms with Gasteiger partial charge in [0.2, 0.25) is 5.91 Å². The van der Waals surface area contributed by atoms with Gasteiger partial charge in [-0.1, -0.05) is 29.4 Å². The molecule has 0 saturated heterocycles. The standard InChI is InChI=1S/C21H21N3O4S2/c1-14-21(22-15(2)25)19(28-23-14)9-7-18-8-10-20(29-18)30(26,27)24-12-11-16-5-3-4-6-17(16)13-24/h3-10H,11-13H2,1-2H3,(H,22,25). The number of nitrogens with one attached hydrogen (secondary N) is 1. The van der Waals surface area contributed by atoms with Crippen LogP contribution in [0, 0.1) is 6.92 Å². The van der Waals surface area contributed by atoms with Gasteiger partial charge >= 0.3 is 0 Å². The third-order valence-corrected chi connectivity index (χ3v) is 8.24. The molecule has 0 spiro atoms. The Morgan fingerprint density at radius 3 is 2.73 bits per heavy atom. The fourth-order valence-corrected chi connectivity index (χ4v) is 6.15. The average molecular weight is 444 g/mol. The molecular formula is C21H21N3O4S2. The maximum Gasteiger partial charge on any atom is 0.252 e. The molecular weight excluding hydrogens is 422 g/mol. The predicted octanol–water partition coefficient (Wildman–Crippen LogP) is 3.92. The number of carbonyl (C=O) groups excluding carboxylic acids is 1. The van der Waals surface area contributed by atoms with Crippen LogP contribution >= 0.6 is 11.3 Å². The summed E-state index contributed by atoms with van der Waals surface area (Å²) in [6.07, 6.45) is 4.13. The van der Waals surface area contributed by atoms with Crippen molar-refractivity contribution >= 4 is 45.1 Å². The largest absolute Gasteiger partial charge is 0.354 e. The Hall–Kier alpha value is -2.75. The number of thiophene rings is 1. The number of aromatic nitrogens is 1. The molecule has 0 aliphatic carbocycles. The van der Waals surface area contributed by atoms with Crippen molar-refractivity contribution in [1.29, 1.82) is 0 Å². The summed E-state index contributed by atoms with van der Waals surface area (Å²) >= 11 is 1.19. The lowest BCUT2D eigenvalue weighted by molar-refractivity contribution is -0.114. The number of hydrogen-bond donors (Lipinski definition) is 1. The van der Waals surface area contributed by atoms with Crippen LogP contribution in [0.4, 0.5) is 5.69 Å². The van der Waals surface area contributed by atoms with Gasteiger partial charge in [0.15, 0.2) is 5.76 Å². The summed E-state index contributed by atoms with van der Waals surface area (Å²) in [6.45, 7) is 4.01. The van der Waals surface area contributed by atoms with E-state index in [1.807, 2.05) is 24.3 Å². The molecule has 0 fully saturated rings. The van der Waals surface area contributed by atoms with Crippen LogP contribution in [-0.2, 0) is 27.8 Å². The molecule has 1 amide bonds. The van der Waals surface area contributed by atoms with Gasteiger partial charge in [0, 0.05) is 24.9 Å². The quantitative estimate of drug-likeness (QED) is 0.645. The van der Waals surface area contributed by atoms with Gasteiger partial charge in [-0.2, -0.15) is 4.31 Å². The molecule has 0 unspecified atom stereocenters. The minimum Gasteiger partial charge on any atom is -0.354 e. The monoisotopic (exact) mass is 443 g/mol. The zero-order chi connectivity index (χ0) is 21.3. The van der Waals surface area contributed by atoms with E-state index in [1.165, 1.54) is 28.1 Å². The Bertz CT molecular complexity index is 1220. The molecule has 0 radical (unpaired) electrons. The van der Waals surface area contributed by atoms with Gasteiger partial charge in [-0.05, 0) is 48.8 Å². The van der Waals surface area contributed by atoms with E-state index in [-0.39, 0.29) is 5.91 Å². The van der Waals surface area contributed by atoms with Gasteiger partial charge in [-0.25, -0.2) is 8.42 Å². The molecule has 3 heterocycles. The highest BCUT2D eigenvalue weighted by molar-refractivity contribution is 7.91. The molecule has 156 valence electrons. The number of rotatable bonds is 5. The maximum absolute atomic E-state index is 13.1. The third kappa shape index (κ3) is 4.09. The van der Waals surface area contributed by atoms with E-state index in [4.69, 9.17) is 4.52 Å². The van der Waals surface area contributed by atoms with E-state index < -0.39 is 10.0 Å². The van der Waals surface area contributed by atoms with Crippen LogP contribution in [0.2, 0.25) is 0 Å². The van der Waals surface area contributed by atoms with Crippen molar-refractivity contribution in [2.24, 2.45) is 0 Å². The van der Waals surface area contributed by atoms with Crippen molar-refractivity contribution in [2.45, 2.75) is 31.0 Å². The molecule has 3 aromatic rings. The first-order valence-electron chi connectivity index (χ1n) is 9.43. The number of benzene rings is 1. The Morgan fingerprint density at radius 1 is 1.20 bits per heavy atom. The van der Waals surface area contributed by atoms with Gasteiger partial charge in [0.1, 0.15) is 15.6 Å². The van der Waals surface area contributed by atoms with E-state index in [1.54, 1.807) is 31.2 Å². The Morgan fingerprint density at radius 2 is 1.97 bits per heavy atom. The Kier molecular flexibility index (Phi) is 5.59. The van der Waals surface area contributed by atoms with E-state index in [2.05, 4.69) is 10.5 Å².